The fraction of sp³-hybridized carbons (Fsp3) is 0.516. The smallest absolute Gasteiger partial charge is 0.339 e. The number of carbonyl (C=O) groups excluding carboxylic acids is 12. The third-order valence-corrected chi connectivity index (χ3v) is 23.8. The highest BCUT2D eigenvalue weighted by atomic mass is 16.6. The van der Waals surface area contributed by atoms with Gasteiger partial charge in [-0.1, -0.05) is 118 Å². The number of aliphatic hydroxyl groups is 2. The van der Waals surface area contributed by atoms with Crippen molar-refractivity contribution in [3.8, 4) is 11.5 Å². The number of carbonyl (C=O) groups is 12. The number of esters is 12. The quantitative estimate of drug-likeness (QED) is 0.0171. The molecule has 7 aromatic rings. The van der Waals surface area contributed by atoms with Gasteiger partial charge in [-0.3, -0.25) is 43.2 Å². The maximum Gasteiger partial charge on any atom is 0.339 e. The van der Waals surface area contributed by atoms with Crippen LogP contribution in [-0.4, -0.2) is 156 Å². The molecule has 13 atom stereocenters. The van der Waals surface area contributed by atoms with Gasteiger partial charge in [-0.05, 0) is 227 Å². The minimum absolute atomic E-state index is 0.0255. The first-order valence-electron chi connectivity index (χ1n) is 41.8. The van der Waals surface area contributed by atoms with Gasteiger partial charge in [0.25, 0.3) is 0 Å². The van der Waals surface area contributed by atoms with Gasteiger partial charge in [0, 0.05) is 12.5 Å². The normalized spacial score (nSPS) is 22.1. The van der Waals surface area contributed by atoms with Crippen LogP contribution < -0.4 is 9.47 Å². The molecule has 0 bridgehead atoms. The van der Waals surface area contributed by atoms with Crippen molar-refractivity contribution in [3.05, 3.63) is 144 Å². The topological polar surface area (TPSA) is 356 Å². The van der Waals surface area contributed by atoms with E-state index in [1.54, 1.807) is 90.1 Å². The Morgan fingerprint density at radius 1 is 0.421 bits per heavy atom. The number of benzene rings is 7. The summed E-state index contributed by atoms with van der Waals surface area (Å²) < 4.78 is 67.9. The van der Waals surface area contributed by atoms with Gasteiger partial charge >= 0.3 is 71.6 Å². The number of hydrogen-bond acceptors (Lipinski definition) is 26. The van der Waals surface area contributed by atoms with E-state index < -0.39 is 183 Å². The Bertz CT molecular complexity index is 4680. The molecule has 4 aliphatic carbocycles. The lowest BCUT2D eigenvalue weighted by molar-refractivity contribution is -0.207. The SMILES string of the molecule is C[C@H](CCC(=O)OC(C)(C)C)[C@H]1CCC2C3C(C[C@H](O)[C@@]21C)[C@@]1(C)CC[C@@H](OC(=O)c2cc(OC(=O)CCC(=O)OCC(COC(=O)c4c5ccccc5cc5ccccc45)OC(=O)CCC(=O)OC(C)(C)C)cc(OC(=O)CCC(=O)OCC(COC(=O)c4c5ccccc5cc5ccccc45)OC(=O)CCC(=O)OC(C)(C)C)c2)CC1C[C@H]3O. The maximum absolute atomic E-state index is 14.6. The second kappa shape index (κ2) is 38.9. The average Bonchev–Trinajstić information content (AvgIpc) is 1.60. The third-order valence-electron chi connectivity index (χ3n) is 23.8. The number of ether oxygens (including phenoxy) is 12. The molecule has 648 valence electrons. The molecule has 7 aromatic carbocycles. The fourth-order valence-electron chi connectivity index (χ4n) is 18.3. The molecule has 0 aliphatic heterocycles. The summed E-state index contributed by atoms with van der Waals surface area (Å²) >= 11 is 0. The van der Waals surface area contributed by atoms with Crippen molar-refractivity contribution in [2.24, 2.45) is 46.3 Å². The second-order valence-corrected chi connectivity index (χ2v) is 36.0. The van der Waals surface area contributed by atoms with E-state index in [1.165, 1.54) is 12.1 Å². The molecule has 4 saturated carbocycles. The van der Waals surface area contributed by atoms with Crippen LogP contribution in [0.3, 0.4) is 0 Å². The number of fused-ring (bicyclic) bond motifs is 9. The van der Waals surface area contributed by atoms with Gasteiger partial charge in [0.05, 0.1) is 80.3 Å². The van der Waals surface area contributed by atoms with E-state index >= 15 is 0 Å². The van der Waals surface area contributed by atoms with Gasteiger partial charge in [-0.15, -0.1) is 0 Å². The minimum atomic E-state index is -1.41. The summed E-state index contributed by atoms with van der Waals surface area (Å²) in [5, 5.41) is 30.1. The van der Waals surface area contributed by atoms with Crippen LogP contribution >= 0.6 is 0 Å². The lowest BCUT2D eigenvalue weighted by Gasteiger charge is -2.63. The van der Waals surface area contributed by atoms with Gasteiger partial charge in [0.1, 0.15) is 60.8 Å². The Balaban J connectivity index is 0.762. The summed E-state index contributed by atoms with van der Waals surface area (Å²) in [5.41, 5.74) is -2.90. The average molecular weight is 1670 g/mol. The van der Waals surface area contributed by atoms with Crippen molar-refractivity contribution in [2.75, 3.05) is 26.4 Å². The van der Waals surface area contributed by atoms with Crippen LogP contribution in [0.1, 0.15) is 223 Å². The zero-order valence-corrected chi connectivity index (χ0v) is 71.0. The van der Waals surface area contributed by atoms with Crippen LogP contribution in [0.25, 0.3) is 43.1 Å². The highest BCUT2D eigenvalue weighted by Crippen LogP contribution is 2.69. The first-order valence-corrected chi connectivity index (χ1v) is 41.8. The van der Waals surface area contributed by atoms with Gasteiger partial charge in [0.2, 0.25) is 0 Å². The van der Waals surface area contributed by atoms with Crippen LogP contribution in [0, 0.1) is 46.3 Å². The highest BCUT2D eigenvalue weighted by Gasteiger charge is 2.66. The Morgan fingerprint density at radius 3 is 1.24 bits per heavy atom. The molecular formula is C95H112O26. The molecule has 4 fully saturated rings. The van der Waals surface area contributed by atoms with Crippen molar-refractivity contribution in [3.63, 3.8) is 0 Å². The first-order chi connectivity index (χ1) is 57.2. The summed E-state index contributed by atoms with van der Waals surface area (Å²) in [6.07, 6.45) is -4.21. The molecule has 121 heavy (non-hydrogen) atoms. The van der Waals surface area contributed by atoms with E-state index in [-0.39, 0.29) is 94.3 Å². The molecular weight excluding hydrogens is 1560 g/mol. The molecule has 0 radical (unpaired) electrons. The summed E-state index contributed by atoms with van der Waals surface area (Å²) in [7, 11) is 0. The molecule has 0 spiro atoms. The van der Waals surface area contributed by atoms with Crippen LogP contribution in [-0.2, 0) is 90.5 Å². The first kappa shape index (κ1) is 90.9. The van der Waals surface area contributed by atoms with Gasteiger partial charge < -0.3 is 67.1 Å². The summed E-state index contributed by atoms with van der Waals surface area (Å²) in [5.74, 6) is -10.6. The maximum atomic E-state index is 14.6. The molecule has 6 unspecified atom stereocenters. The molecule has 0 heterocycles. The molecule has 0 amide bonds. The van der Waals surface area contributed by atoms with Crippen molar-refractivity contribution in [2.45, 2.75) is 240 Å². The predicted octanol–water partition coefficient (Wildman–Crippen LogP) is 15.4. The van der Waals surface area contributed by atoms with Crippen molar-refractivity contribution in [1.29, 1.82) is 0 Å². The van der Waals surface area contributed by atoms with E-state index in [2.05, 4.69) is 20.8 Å². The largest absolute Gasteiger partial charge is 0.462 e. The minimum Gasteiger partial charge on any atom is -0.462 e. The van der Waals surface area contributed by atoms with E-state index in [1.807, 2.05) is 81.4 Å². The molecule has 11 rings (SSSR count). The second-order valence-electron chi connectivity index (χ2n) is 36.0. The van der Waals surface area contributed by atoms with E-state index in [9.17, 15) is 67.7 Å². The Morgan fingerprint density at radius 2 is 0.810 bits per heavy atom. The van der Waals surface area contributed by atoms with Crippen molar-refractivity contribution < 1.29 is 125 Å². The molecule has 26 nitrogen and oxygen atoms in total. The summed E-state index contributed by atoms with van der Waals surface area (Å²) in [4.78, 5) is 162. The lowest BCUT2D eigenvalue weighted by atomic mass is 9.43. The molecule has 0 saturated heterocycles. The van der Waals surface area contributed by atoms with Gasteiger partial charge in [-0.25, -0.2) is 14.4 Å². The van der Waals surface area contributed by atoms with Crippen LogP contribution in [0.15, 0.2) is 127 Å². The van der Waals surface area contributed by atoms with Crippen LogP contribution in [0.4, 0.5) is 0 Å². The molecule has 0 aromatic heterocycles. The predicted molar refractivity (Wildman–Crippen MR) is 443 cm³/mol. The third kappa shape index (κ3) is 23.7. The zero-order chi connectivity index (χ0) is 87.5. The number of aliphatic hydroxyl groups excluding tert-OH is 2. The fourth-order valence-corrected chi connectivity index (χ4v) is 18.3. The Kier molecular flexibility index (Phi) is 29.2. The van der Waals surface area contributed by atoms with E-state index in [0.717, 1.165) is 40.5 Å². The van der Waals surface area contributed by atoms with Crippen molar-refractivity contribution >= 4 is 115 Å². The van der Waals surface area contributed by atoms with E-state index in [4.69, 9.17) is 56.8 Å². The summed E-state index contributed by atoms with van der Waals surface area (Å²) in [6, 6.07) is 36.1. The standard InChI is InChI=1S/C95H112O26/c1-55(29-32-82(104)119-91(2,3)4)71-30-31-72-87-73(50-75(97)95(71,72)12)94(11)42-41-62(47-61(94)48-74(87)96)118-88(107)60-45-63(114-78(100)35-33-76(98)110-51-65(116-80(102)37-39-83(105)120-92(5,6)7)53-112-89(108)85-67-25-17-13-21-56(67)43-57-22-14-18-26-68(57)85)49-64(46-60)115-79(101)36-34-77(99)111-52-66(117-81(103)38-40-84(106)121-93(8,9)10)54-113-90(109)86-69-27-19-15-23-58(69)44-59-24-16-20-28-70(59)86/h13-28,43-46,49,55,61-62,65-66,71-75,87,96-97H,29-42,47-48,50-54H2,1-12H3/t55-,61?,62-,65?,66?,71-,72?,73?,74-,75+,87?,94+,95-/m1/s1. The van der Waals surface area contributed by atoms with Gasteiger partial charge in [0.15, 0.2) is 12.2 Å². The number of rotatable bonds is 32. The Labute approximate surface area is 703 Å². The molecule has 26 heteroatoms. The highest BCUT2D eigenvalue weighted by molar-refractivity contribution is 6.17. The number of hydrogen-bond donors (Lipinski definition) is 2. The van der Waals surface area contributed by atoms with Crippen LogP contribution in [0.5, 0.6) is 11.5 Å². The van der Waals surface area contributed by atoms with Crippen LogP contribution in [0.2, 0.25) is 0 Å². The van der Waals surface area contributed by atoms with Crippen molar-refractivity contribution in [1.82, 2.24) is 0 Å². The summed E-state index contributed by atoms with van der Waals surface area (Å²) in [6.45, 7) is 19.5. The molecule has 2 N–H and O–H groups in total. The Hall–Kier alpha value is -10.9. The molecule has 4 aliphatic rings. The zero-order valence-electron chi connectivity index (χ0n) is 71.0. The monoisotopic (exact) mass is 1670 g/mol. The van der Waals surface area contributed by atoms with Gasteiger partial charge in [-0.2, -0.15) is 0 Å². The van der Waals surface area contributed by atoms with E-state index in [0.29, 0.717) is 60.1 Å². The lowest BCUT2D eigenvalue weighted by Crippen LogP contribution is -2.62.